The largest absolute Gasteiger partial charge is 0.394 e. The van der Waals surface area contributed by atoms with Gasteiger partial charge in [0.25, 0.3) is 5.91 Å². The van der Waals surface area contributed by atoms with Crippen LogP contribution in [-0.4, -0.2) is 35.3 Å². The van der Waals surface area contributed by atoms with Gasteiger partial charge in [-0.15, -0.1) is 0 Å². The lowest BCUT2D eigenvalue weighted by molar-refractivity contribution is -0.123. The van der Waals surface area contributed by atoms with E-state index >= 15 is 0 Å². The fraction of sp³-hybridized carbons (Fsp3) is 0.462. The highest BCUT2D eigenvalue weighted by atomic mass is 35.5. The monoisotopic (exact) mass is 284 g/mol. The van der Waals surface area contributed by atoms with Crippen LogP contribution in [0.15, 0.2) is 12.1 Å². The molecule has 0 spiro atoms. The lowest BCUT2D eigenvalue weighted by atomic mass is 10.0. The summed E-state index contributed by atoms with van der Waals surface area (Å²) in [4.78, 5) is 13.3. The molecule has 5 nitrogen and oxygen atoms in total. The highest BCUT2D eigenvalue weighted by Gasteiger charge is 2.32. The van der Waals surface area contributed by atoms with Crippen molar-refractivity contribution in [3.05, 3.63) is 22.7 Å². The normalized spacial score (nSPS) is 18.2. The van der Waals surface area contributed by atoms with Crippen LogP contribution in [0.3, 0.4) is 0 Å². The molecule has 1 aliphatic heterocycles. The van der Waals surface area contributed by atoms with Gasteiger partial charge >= 0.3 is 0 Å². The van der Waals surface area contributed by atoms with Crippen molar-refractivity contribution in [1.82, 2.24) is 0 Å². The summed E-state index contributed by atoms with van der Waals surface area (Å²) in [6.45, 7) is 3.72. The van der Waals surface area contributed by atoms with E-state index in [2.05, 4.69) is 5.32 Å². The highest BCUT2D eigenvalue weighted by Crippen LogP contribution is 2.40. The quantitative estimate of drug-likeness (QED) is 0.787. The van der Waals surface area contributed by atoms with Gasteiger partial charge in [-0.1, -0.05) is 11.6 Å². The predicted octanol–water partition coefficient (Wildman–Crippen LogP) is 1.53. The molecule has 3 N–H and O–H groups in total. The number of aliphatic hydroxyl groups is 2. The third-order valence-corrected chi connectivity index (χ3v) is 3.88. The Hall–Kier alpha value is -1.30. The Balaban J connectivity index is 2.46. The summed E-state index contributed by atoms with van der Waals surface area (Å²) in [5.41, 5.74) is 1.24. The second-order valence-electron chi connectivity index (χ2n) is 5.31. The maximum absolute atomic E-state index is 11.4. The van der Waals surface area contributed by atoms with Crippen LogP contribution in [-0.2, 0) is 4.79 Å². The number of halogens is 1. The molecule has 0 saturated heterocycles. The van der Waals surface area contributed by atoms with Gasteiger partial charge in [-0.05, 0) is 26.0 Å². The molecule has 1 atom stereocenters. The van der Waals surface area contributed by atoms with Gasteiger partial charge in [0.1, 0.15) is 0 Å². The molecule has 0 saturated carbocycles. The van der Waals surface area contributed by atoms with Crippen molar-refractivity contribution in [3.63, 3.8) is 0 Å². The third-order valence-electron chi connectivity index (χ3n) is 3.58. The summed E-state index contributed by atoms with van der Waals surface area (Å²) in [5, 5.41) is 22.1. The number of benzene rings is 1. The zero-order valence-corrected chi connectivity index (χ0v) is 11.8. The van der Waals surface area contributed by atoms with Crippen LogP contribution in [0.25, 0.3) is 0 Å². The zero-order valence-electron chi connectivity index (χ0n) is 11.1. The Morgan fingerprint density at radius 2 is 2.11 bits per heavy atom. The molecular weight excluding hydrogens is 268 g/mol. The number of fused-ring (bicyclic) bond motifs is 1. The SMILES string of the molecule is CN(c1cc2c(cc1Cl)C(O)C(=O)N2)C(C)(C)CO. The van der Waals surface area contributed by atoms with Gasteiger partial charge in [0.2, 0.25) is 0 Å². The van der Waals surface area contributed by atoms with Crippen molar-refractivity contribution >= 4 is 28.9 Å². The maximum Gasteiger partial charge on any atom is 0.257 e. The molecule has 0 fully saturated rings. The number of aliphatic hydroxyl groups excluding tert-OH is 2. The Labute approximate surface area is 116 Å². The van der Waals surface area contributed by atoms with E-state index in [4.69, 9.17) is 11.6 Å². The van der Waals surface area contributed by atoms with Crippen LogP contribution in [0.5, 0.6) is 0 Å². The first-order valence-electron chi connectivity index (χ1n) is 5.95. The molecule has 6 heteroatoms. The van der Waals surface area contributed by atoms with Gasteiger partial charge in [0.05, 0.1) is 22.9 Å². The number of nitrogens with zero attached hydrogens (tertiary/aromatic N) is 1. The average molecular weight is 285 g/mol. The van der Waals surface area contributed by atoms with Crippen molar-refractivity contribution < 1.29 is 15.0 Å². The van der Waals surface area contributed by atoms with Gasteiger partial charge in [-0.25, -0.2) is 0 Å². The molecule has 1 aliphatic rings. The van der Waals surface area contributed by atoms with Crippen molar-refractivity contribution in [3.8, 4) is 0 Å². The molecule has 2 rings (SSSR count). The predicted molar refractivity (Wildman–Crippen MR) is 74.6 cm³/mol. The van der Waals surface area contributed by atoms with Crippen LogP contribution >= 0.6 is 11.6 Å². The summed E-state index contributed by atoms with van der Waals surface area (Å²) in [6.07, 6.45) is -1.17. The van der Waals surface area contributed by atoms with Crippen molar-refractivity contribution in [2.45, 2.75) is 25.5 Å². The molecule has 1 amide bonds. The Morgan fingerprint density at radius 3 is 2.68 bits per heavy atom. The van der Waals surface area contributed by atoms with Crippen molar-refractivity contribution in [2.75, 3.05) is 23.9 Å². The molecule has 1 unspecified atom stereocenters. The number of carbonyl (C=O) groups is 1. The van der Waals surface area contributed by atoms with Crippen molar-refractivity contribution in [1.29, 1.82) is 0 Å². The summed E-state index contributed by atoms with van der Waals surface area (Å²) < 4.78 is 0. The van der Waals surface area contributed by atoms with E-state index in [0.717, 1.165) is 0 Å². The van der Waals surface area contributed by atoms with E-state index in [9.17, 15) is 15.0 Å². The summed E-state index contributed by atoms with van der Waals surface area (Å²) in [6, 6.07) is 3.29. The fourth-order valence-corrected chi connectivity index (χ4v) is 2.24. The van der Waals surface area contributed by atoms with E-state index in [1.807, 2.05) is 25.8 Å². The lowest BCUT2D eigenvalue weighted by Crippen LogP contribution is -2.44. The number of hydrogen-bond donors (Lipinski definition) is 3. The topological polar surface area (TPSA) is 72.8 Å². The Kier molecular flexibility index (Phi) is 3.47. The first-order valence-corrected chi connectivity index (χ1v) is 6.33. The number of nitrogens with one attached hydrogen (secondary N) is 1. The number of hydrogen-bond acceptors (Lipinski definition) is 4. The number of carbonyl (C=O) groups excluding carboxylic acids is 1. The minimum absolute atomic E-state index is 0.0358. The second-order valence-corrected chi connectivity index (χ2v) is 5.72. The molecule has 0 aromatic heterocycles. The summed E-state index contributed by atoms with van der Waals surface area (Å²) >= 11 is 6.21. The van der Waals surface area contributed by atoms with Crippen LogP contribution in [0.4, 0.5) is 11.4 Å². The van der Waals surface area contributed by atoms with Gasteiger partial charge in [-0.3, -0.25) is 4.79 Å². The molecule has 1 aromatic rings. The first kappa shape index (κ1) is 14.1. The van der Waals surface area contributed by atoms with Gasteiger partial charge in [0.15, 0.2) is 6.10 Å². The molecule has 1 heterocycles. The van der Waals surface area contributed by atoms with E-state index in [1.54, 1.807) is 12.1 Å². The smallest absolute Gasteiger partial charge is 0.257 e. The first-order chi connectivity index (χ1) is 8.77. The highest BCUT2D eigenvalue weighted by molar-refractivity contribution is 6.33. The molecule has 0 radical (unpaired) electrons. The average Bonchev–Trinajstić information content (AvgIpc) is 2.64. The van der Waals surface area contributed by atoms with E-state index in [-0.39, 0.29) is 6.61 Å². The minimum atomic E-state index is -1.17. The molecule has 1 aromatic carbocycles. The summed E-state index contributed by atoms with van der Waals surface area (Å²) in [5.74, 6) is -0.452. The number of likely N-dealkylation sites (N-methyl/N-ethyl adjacent to an activating group) is 1. The van der Waals surface area contributed by atoms with Crippen LogP contribution in [0.2, 0.25) is 5.02 Å². The third kappa shape index (κ3) is 2.29. The van der Waals surface area contributed by atoms with Crippen LogP contribution in [0.1, 0.15) is 25.5 Å². The number of rotatable bonds is 3. The number of anilines is 2. The van der Waals surface area contributed by atoms with E-state index < -0.39 is 17.6 Å². The Morgan fingerprint density at radius 1 is 1.47 bits per heavy atom. The van der Waals surface area contributed by atoms with Crippen molar-refractivity contribution in [2.24, 2.45) is 0 Å². The lowest BCUT2D eigenvalue weighted by Gasteiger charge is -2.36. The summed E-state index contributed by atoms with van der Waals surface area (Å²) in [7, 11) is 1.82. The molecule has 19 heavy (non-hydrogen) atoms. The van der Waals surface area contributed by atoms with E-state index in [1.165, 1.54) is 0 Å². The Bertz CT molecular complexity index is 531. The fourth-order valence-electron chi connectivity index (χ4n) is 1.94. The van der Waals surface area contributed by atoms with E-state index in [0.29, 0.717) is 22.0 Å². The molecule has 0 bridgehead atoms. The second kappa shape index (κ2) is 4.67. The number of amides is 1. The molecule has 104 valence electrons. The molecular formula is C13H17ClN2O3. The standard InChI is InChI=1S/C13H17ClN2O3/c1-13(2,6-17)16(3)10-5-9-7(4-8(10)14)11(18)12(19)15-9/h4-5,11,17-18H,6H2,1-3H3,(H,15,19). The van der Waals surface area contributed by atoms with Gasteiger partial charge < -0.3 is 20.4 Å². The van der Waals surface area contributed by atoms with Gasteiger partial charge in [-0.2, -0.15) is 0 Å². The molecule has 0 aliphatic carbocycles. The van der Waals surface area contributed by atoms with Gasteiger partial charge in [0, 0.05) is 18.3 Å². The zero-order chi connectivity index (χ0) is 14.4. The van der Waals surface area contributed by atoms with Crippen LogP contribution < -0.4 is 10.2 Å². The minimum Gasteiger partial charge on any atom is -0.394 e. The maximum atomic E-state index is 11.4. The van der Waals surface area contributed by atoms with Crippen LogP contribution in [0, 0.1) is 0 Å².